The van der Waals surface area contributed by atoms with E-state index in [1.54, 1.807) is 38.0 Å². The van der Waals surface area contributed by atoms with Crippen LogP contribution in [0.4, 0.5) is 0 Å². The Morgan fingerprint density at radius 1 is 0.250 bits per heavy atom. The molecule has 18 N–H and O–H groups in total. The highest BCUT2D eigenvalue weighted by atomic mass is 16.0. The smallest absolute Gasteiger partial charge is 0.239 e. The molecule has 6 rings (SSSR count). The van der Waals surface area contributed by atoms with E-state index < -0.39 is 0 Å². The van der Waals surface area contributed by atoms with Gasteiger partial charge in [0.2, 0.25) is 38.0 Å². The molecule has 0 spiro atoms. The lowest BCUT2D eigenvalue weighted by Gasteiger charge is -1.37. The molecule has 18 heteroatoms. The number of hydrogen-bond acceptors (Lipinski definition) is 6. The first-order valence-corrected chi connectivity index (χ1v) is 8.93. The number of aromatic nitrogens is 12. The van der Waals surface area contributed by atoms with Crippen LogP contribution < -0.4 is 29.9 Å². The normalized spacial score (nSPS) is 6.67. The van der Waals surface area contributed by atoms with Gasteiger partial charge in [-0.05, 0) is 0 Å². The third kappa shape index (κ3) is 36.4. The minimum Gasteiger partial charge on any atom is -0.870 e. The predicted molar refractivity (Wildman–Crippen MR) is 116 cm³/mol. The van der Waals surface area contributed by atoms with E-state index in [4.69, 9.17) is 0 Å². The fourth-order valence-corrected chi connectivity index (χ4v) is 1.44. The molecule has 0 amide bonds. The third-order valence-corrected chi connectivity index (χ3v) is 2.65. The maximum absolute atomic E-state index is 2.81. The van der Waals surface area contributed by atoms with Gasteiger partial charge in [-0.15, -0.1) is 0 Å². The van der Waals surface area contributed by atoms with Crippen molar-refractivity contribution in [2.75, 3.05) is 0 Å². The number of rotatable bonds is 0. The first-order chi connectivity index (χ1) is 15.0. The van der Waals surface area contributed by atoms with Gasteiger partial charge in [-0.25, -0.2) is 0 Å². The highest BCUT2D eigenvalue weighted by Crippen LogP contribution is 1.56. The Hall–Kier alpha value is -4.98. The van der Waals surface area contributed by atoms with Crippen LogP contribution in [0.2, 0.25) is 0 Å². The molecule has 0 aliphatic heterocycles. The molecule has 0 aromatic carbocycles. The van der Waals surface area contributed by atoms with Crippen LogP contribution in [-0.2, 0) is 0 Å². The van der Waals surface area contributed by atoms with Gasteiger partial charge in [-0.1, -0.05) is 0 Å². The lowest BCUT2D eigenvalue weighted by molar-refractivity contribution is -0.376. The summed E-state index contributed by atoms with van der Waals surface area (Å²) < 4.78 is 0. The van der Waals surface area contributed by atoms with Crippen molar-refractivity contribution in [1.29, 1.82) is 0 Å². The number of aromatic amines is 12. The molecule has 204 valence electrons. The maximum Gasteiger partial charge on any atom is 0.239 e. The number of hydrogen-bond donors (Lipinski definition) is 6. The number of imidazole rings is 6. The molecule has 0 radical (unpaired) electrons. The zero-order valence-electron chi connectivity index (χ0n) is 19.1. The second-order valence-corrected chi connectivity index (χ2v) is 4.87. The molecule has 18 nitrogen and oxygen atoms in total. The average Bonchev–Trinajstić information content (AvgIpc) is 3.69. The fourth-order valence-electron chi connectivity index (χ4n) is 1.44. The van der Waals surface area contributed by atoms with E-state index >= 15 is 0 Å². The summed E-state index contributed by atoms with van der Waals surface area (Å²) in [5, 5.41) is 0. The molecular weight excluding hydrogens is 480 g/mol. The van der Waals surface area contributed by atoms with E-state index in [2.05, 4.69) is 59.8 Å². The summed E-state index contributed by atoms with van der Waals surface area (Å²) in [5.41, 5.74) is 0. The van der Waals surface area contributed by atoms with Crippen molar-refractivity contribution >= 4 is 0 Å². The summed E-state index contributed by atoms with van der Waals surface area (Å²) in [6, 6.07) is 0. The summed E-state index contributed by atoms with van der Waals surface area (Å²) in [4.78, 5) is 33.7. The SMILES string of the molecule is [OH-].[OH-].[OH-].[OH-].[OH-].[OH-].c1c[nH+]c[nH]1.c1c[nH+]c[nH]1.c1c[nH+]c[nH]1.c1c[nH+]c[nH]1.c1c[nH+]c[nH]1.c1c[nH+]c[nH]1. The van der Waals surface area contributed by atoms with Crippen molar-refractivity contribution in [2.24, 2.45) is 0 Å². The molecule has 0 bridgehead atoms. The van der Waals surface area contributed by atoms with Gasteiger partial charge in [0.05, 0.1) is 0 Å². The first kappa shape index (κ1) is 44.7. The Morgan fingerprint density at radius 2 is 0.389 bits per heavy atom. The number of nitrogens with one attached hydrogen (secondary N) is 12. The average molecular weight is 517 g/mol. The lowest BCUT2D eigenvalue weighted by Crippen LogP contribution is -1.87. The molecule has 6 heterocycles. The molecule has 6 aromatic rings. The highest BCUT2D eigenvalue weighted by Gasteiger charge is 1.67. The van der Waals surface area contributed by atoms with Crippen LogP contribution in [0.25, 0.3) is 0 Å². The first-order valence-electron chi connectivity index (χ1n) is 8.93. The van der Waals surface area contributed by atoms with Crippen molar-refractivity contribution in [3.8, 4) is 0 Å². The van der Waals surface area contributed by atoms with Gasteiger partial charge in [0.25, 0.3) is 0 Å². The van der Waals surface area contributed by atoms with Crippen LogP contribution in [0.3, 0.4) is 0 Å². The standard InChI is InChI=1S/6C3H4N2.6H2O/c6*1-2-5-3-4-1;;;;;;/h6*1-3H,(H,4,5);6*1H2. The van der Waals surface area contributed by atoms with Crippen molar-refractivity contribution in [1.82, 2.24) is 29.9 Å². The van der Waals surface area contributed by atoms with Gasteiger partial charge in [-0.3, -0.25) is 59.8 Å². The van der Waals surface area contributed by atoms with Gasteiger partial charge in [0.15, 0.2) is 0 Å². The minimum absolute atomic E-state index is 0. The van der Waals surface area contributed by atoms with Gasteiger partial charge in [0, 0.05) is 0 Å². The van der Waals surface area contributed by atoms with E-state index in [-0.39, 0.29) is 32.9 Å². The molecule has 0 saturated heterocycles. The van der Waals surface area contributed by atoms with Gasteiger partial charge in [0.1, 0.15) is 74.4 Å². The van der Waals surface area contributed by atoms with Gasteiger partial charge in [-0.2, -0.15) is 0 Å². The van der Waals surface area contributed by atoms with Crippen LogP contribution in [0.15, 0.2) is 112 Å². The summed E-state index contributed by atoms with van der Waals surface area (Å²) in [5.74, 6) is 0. The molecule has 0 fully saturated rings. The zero-order valence-corrected chi connectivity index (χ0v) is 19.1. The van der Waals surface area contributed by atoms with E-state index in [1.807, 2.05) is 74.4 Å². The molecule has 36 heavy (non-hydrogen) atoms. The summed E-state index contributed by atoms with van der Waals surface area (Å²) >= 11 is 0. The van der Waals surface area contributed by atoms with E-state index in [9.17, 15) is 0 Å². The Bertz CT molecular complexity index is 595. The van der Waals surface area contributed by atoms with Crippen molar-refractivity contribution in [3.05, 3.63) is 112 Å². The summed E-state index contributed by atoms with van der Waals surface area (Å²) in [6.07, 6.45) is 32.3. The summed E-state index contributed by atoms with van der Waals surface area (Å²) in [7, 11) is 0. The molecule has 0 saturated carbocycles. The van der Waals surface area contributed by atoms with Gasteiger partial charge >= 0.3 is 0 Å². The fraction of sp³-hybridized carbons (Fsp3) is 0. The van der Waals surface area contributed by atoms with Crippen molar-refractivity contribution in [2.45, 2.75) is 0 Å². The predicted octanol–water partition coefficient (Wildman–Crippen LogP) is -2.09. The third-order valence-electron chi connectivity index (χ3n) is 2.65. The van der Waals surface area contributed by atoms with Crippen molar-refractivity contribution in [3.63, 3.8) is 0 Å². The molecular formula is C18H36N12O6. The van der Waals surface area contributed by atoms with E-state index in [1.165, 1.54) is 0 Å². The quantitative estimate of drug-likeness (QED) is 0.131. The highest BCUT2D eigenvalue weighted by molar-refractivity contribution is 4.54. The van der Waals surface area contributed by atoms with Crippen LogP contribution in [-0.4, -0.2) is 62.8 Å². The lowest BCUT2D eigenvalue weighted by atomic mass is 11.0. The minimum atomic E-state index is 0. The monoisotopic (exact) mass is 516 g/mol. The maximum atomic E-state index is 2.81. The molecule has 0 aliphatic rings. The largest absolute Gasteiger partial charge is 0.870 e. The Morgan fingerprint density at radius 3 is 0.417 bits per heavy atom. The van der Waals surface area contributed by atoms with Crippen molar-refractivity contribution < 1.29 is 62.8 Å². The van der Waals surface area contributed by atoms with Gasteiger partial charge < -0.3 is 32.9 Å². The zero-order chi connectivity index (χ0) is 21.2. The van der Waals surface area contributed by atoms with E-state index in [0.29, 0.717) is 0 Å². The molecule has 0 atom stereocenters. The van der Waals surface area contributed by atoms with Crippen LogP contribution in [0.1, 0.15) is 0 Å². The topological polar surface area (TPSA) is 360 Å². The molecule has 6 aromatic heterocycles. The van der Waals surface area contributed by atoms with Crippen LogP contribution >= 0.6 is 0 Å². The molecule has 0 aliphatic carbocycles. The second-order valence-electron chi connectivity index (χ2n) is 4.87. The molecule has 0 unspecified atom stereocenters. The van der Waals surface area contributed by atoms with E-state index in [0.717, 1.165) is 0 Å². The second kappa shape index (κ2) is 40.4. The Balaban J connectivity index is -0.0000000726. The summed E-state index contributed by atoms with van der Waals surface area (Å²) in [6.45, 7) is 0. The van der Waals surface area contributed by atoms with Crippen LogP contribution in [0.5, 0.6) is 0 Å². The Kier molecular flexibility index (Phi) is 50.1. The number of H-pyrrole nitrogens is 12. The Labute approximate surface area is 205 Å². The van der Waals surface area contributed by atoms with Crippen LogP contribution in [0, 0.1) is 0 Å².